The number of aryl methyl sites for hydroxylation is 4. The van der Waals surface area contributed by atoms with Crippen LogP contribution in [0.15, 0.2) is 48.2 Å². The van der Waals surface area contributed by atoms with Crippen LogP contribution >= 0.6 is 0 Å². The largest absolute Gasteiger partial charge is 0.386 e. The van der Waals surface area contributed by atoms with Crippen molar-refractivity contribution in [1.29, 1.82) is 5.26 Å². The first-order valence-electron chi connectivity index (χ1n) is 8.19. The predicted molar refractivity (Wildman–Crippen MR) is 101 cm³/mol. The second kappa shape index (κ2) is 8.16. The maximum absolute atomic E-state index is 12.4. The van der Waals surface area contributed by atoms with Crippen LogP contribution in [0, 0.1) is 39.0 Å². The van der Waals surface area contributed by atoms with Gasteiger partial charge in [-0.05, 0) is 44.4 Å². The van der Waals surface area contributed by atoms with Crippen molar-refractivity contribution in [3.63, 3.8) is 0 Å². The fourth-order valence-electron chi connectivity index (χ4n) is 2.80. The van der Waals surface area contributed by atoms with Crippen LogP contribution in [0.1, 0.15) is 27.8 Å². The number of nitrogens with zero attached hydrogens (tertiary/aromatic N) is 1. The van der Waals surface area contributed by atoms with Gasteiger partial charge in [0.05, 0.1) is 0 Å². The van der Waals surface area contributed by atoms with E-state index in [0.29, 0.717) is 6.54 Å². The summed E-state index contributed by atoms with van der Waals surface area (Å²) in [5.41, 5.74) is 6.18. The van der Waals surface area contributed by atoms with Gasteiger partial charge in [-0.2, -0.15) is 5.26 Å². The normalized spacial score (nSPS) is 10.9. The molecule has 0 heterocycles. The summed E-state index contributed by atoms with van der Waals surface area (Å²) >= 11 is 0. The van der Waals surface area contributed by atoms with E-state index in [9.17, 15) is 10.1 Å². The van der Waals surface area contributed by atoms with Crippen LogP contribution in [-0.2, 0) is 11.3 Å². The van der Waals surface area contributed by atoms with Gasteiger partial charge in [0.1, 0.15) is 11.6 Å². The smallest absolute Gasteiger partial charge is 0.267 e. The quantitative estimate of drug-likeness (QED) is 0.641. The summed E-state index contributed by atoms with van der Waals surface area (Å²) in [6.07, 6.45) is 1.47. The summed E-state index contributed by atoms with van der Waals surface area (Å²) in [6.45, 7) is 8.49. The number of amides is 1. The van der Waals surface area contributed by atoms with Gasteiger partial charge in [-0.25, -0.2) is 0 Å². The van der Waals surface area contributed by atoms with Gasteiger partial charge in [0.25, 0.3) is 5.91 Å². The summed E-state index contributed by atoms with van der Waals surface area (Å²) in [5, 5.41) is 15.2. The van der Waals surface area contributed by atoms with Gasteiger partial charge >= 0.3 is 0 Å². The van der Waals surface area contributed by atoms with Crippen molar-refractivity contribution in [2.24, 2.45) is 0 Å². The number of nitriles is 1. The molecule has 0 aliphatic carbocycles. The van der Waals surface area contributed by atoms with Crippen molar-refractivity contribution in [2.75, 3.05) is 5.32 Å². The Morgan fingerprint density at radius 1 is 1.08 bits per heavy atom. The molecular weight excluding hydrogens is 310 g/mol. The van der Waals surface area contributed by atoms with Gasteiger partial charge < -0.3 is 10.6 Å². The Balaban J connectivity index is 2.07. The molecule has 25 heavy (non-hydrogen) atoms. The standard InChI is InChI=1S/C21H23N3O/c1-14-6-5-7-18(10-14)12-23-13-19(11-22)21(25)24-20-16(3)8-15(2)9-17(20)4/h5-10,13,23H,12H2,1-4H3,(H,24,25)/b19-13-. The molecule has 0 saturated carbocycles. The zero-order valence-corrected chi connectivity index (χ0v) is 15.1. The van der Waals surface area contributed by atoms with Crippen LogP contribution < -0.4 is 10.6 Å². The zero-order chi connectivity index (χ0) is 18.4. The minimum atomic E-state index is -0.408. The number of hydrogen-bond donors (Lipinski definition) is 2. The molecule has 0 aliphatic rings. The number of anilines is 1. The molecule has 4 nitrogen and oxygen atoms in total. The van der Waals surface area contributed by atoms with Crippen LogP contribution in [0.25, 0.3) is 0 Å². The minimum Gasteiger partial charge on any atom is -0.386 e. The van der Waals surface area contributed by atoms with E-state index in [0.717, 1.165) is 27.9 Å². The molecule has 0 saturated heterocycles. The lowest BCUT2D eigenvalue weighted by atomic mass is 10.0. The molecular formula is C21H23N3O. The molecule has 0 fully saturated rings. The Morgan fingerprint density at radius 3 is 2.36 bits per heavy atom. The Kier molecular flexibility index (Phi) is 5.97. The van der Waals surface area contributed by atoms with E-state index in [-0.39, 0.29) is 5.57 Å². The van der Waals surface area contributed by atoms with Crippen LogP contribution in [0.3, 0.4) is 0 Å². The number of hydrogen-bond acceptors (Lipinski definition) is 3. The monoisotopic (exact) mass is 333 g/mol. The molecule has 1 amide bonds. The number of carbonyl (C=O) groups is 1. The molecule has 128 valence electrons. The average Bonchev–Trinajstić information content (AvgIpc) is 2.55. The molecule has 0 spiro atoms. The summed E-state index contributed by atoms with van der Waals surface area (Å²) in [6, 6.07) is 14.0. The average molecular weight is 333 g/mol. The predicted octanol–water partition coefficient (Wildman–Crippen LogP) is 4.06. The topological polar surface area (TPSA) is 64.9 Å². The number of nitrogens with one attached hydrogen (secondary N) is 2. The van der Waals surface area contributed by atoms with Gasteiger partial charge in [-0.15, -0.1) is 0 Å². The number of carbonyl (C=O) groups excluding carboxylic acids is 1. The highest BCUT2D eigenvalue weighted by atomic mass is 16.1. The van der Waals surface area contributed by atoms with Crippen molar-refractivity contribution >= 4 is 11.6 Å². The zero-order valence-electron chi connectivity index (χ0n) is 15.1. The van der Waals surface area contributed by atoms with Crippen molar-refractivity contribution in [3.8, 4) is 6.07 Å². The molecule has 0 aliphatic heterocycles. The molecule has 0 radical (unpaired) electrons. The van der Waals surface area contributed by atoms with E-state index >= 15 is 0 Å². The maximum atomic E-state index is 12.4. The SMILES string of the molecule is Cc1cccc(CN/C=C(/C#N)C(=O)Nc2c(C)cc(C)cc2C)c1. The molecule has 0 aromatic heterocycles. The highest BCUT2D eigenvalue weighted by Gasteiger charge is 2.12. The Bertz CT molecular complexity index is 837. The van der Waals surface area contributed by atoms with E-state index in [1.54, 1.807) is 0 Å². The van der Waals surface area contributed by atoms with Gasteiger partial charge in [0, 0.05) is 18.4 Å². The third kappa shape index (κ3) is 4.95. The summed E-state index contributed by atoms with van der Waals surface area (Å²) in [7, 11) is 0. The maximum Gasteiger partial charge on any atom is 0.267 e. The fourth-order valence-corrected chi connectivity index (χ4v) is 2.80. The summed E-state index contributed by atoms with van der Waals surface area (Å²) in [5.74, 6) is -0.408. The Hall–Kier alpha value is -3.06. The minimum absolute atomic E-state index is 0.0482. The third-order valence-corrected chi connectivity index (χ3v) is 3.92. The van der Waals surface area contributed by atoms with Crippen molar-refractivity contribution in [3.05, 3.63) is 76.0 Å². The van der Waals surface area contributed by atoms with Gasteiger partial charge in [-0.3, -0.25) is 4.79 Å². The van der Waals surface area contributed by atoms with Gasteiger partial charge in [0.15, 0.2) is 0 Å². The molecule has 2 aromatic rings. The Labute approximate surface area is 149 Å². The third-order valence-electron chi connectivity index (χ3n) is 3.92. The van der Waals surface area contributed by atoms with Crippen LogP contribution in [0.2, 0.25) is 0 Å². The molecule has 4 heteroatoms. The highest BCUT2D eigenvalue weighted by molar-refractivity contribution is 6.07. The lowest BCUT2D eigenvalue weighted by Gasteiger charge is -2.12. The van der Waals surface area contributed by atoms with Gasteiger partial charge in [-0.1, -0.05) is 47.5 Å². The van der Waals surface area contributed by atoms with Crippen molar-refractivity contribution in [2.45, 2.75) is 34.2 Å². The van der Waals surface area contributed by atoms with Gasteiger partial charge in [0.2, 0.25) is 0 Å². The highest BCUT2D eigenvalue weighted by Crippen LogP contribution is 2.22. The first-order valence-corrected chi connectivity index (χ1v) is 8.19. The first kappa shape index (κ1) is 18.3. The van der Waals surface area contributed by atoms with E-state index in [2.05, 4.69) is 16.7 Å². The first-order chi connectivity index (χ1) is 11.9. The lowest BCUT2D eigenvalue weighted by Crippen LogP contribution is -2.18. The van der Waals surface area contributed by atoms with Crippen LogP contribution in [0.4, 0.5) is 5.69 Å². The van der Waals surface area contributed by atoms with Crippen molar-refractivity contribution < 1.29 is 4.79 Å². The van der Waals surface area contributed by atoms with Crippen LogP contribution in [0.5, 0.6) is 0 Å². The summed E-state index contributed by atoms with van der Waals surface area (Å²) < 4.78 is 0. The molecule has 2 rings (SSSR count). The van der Waals surface area contributed by atoms with Crippen molar-refractivity contribution in [1.82, 2.24) is 5.32 Å². The van der Waals surface area contributed by atoms with E-state index in [1.807, 2.05) is 64.1 Å². The number of rotatable bonds is 5. The van der Waals surface area contributed by atoms with Crippen LogP contribution in [-0.4, -0.2) is 5.91 Å². The summed E-state index contributed by atoms with van der Waals surface area (Å²) in [4.78, 5) is 12.4. The van der Waals surface area contributed by atoms with E-state index in [1.165, 1.54) is 11.8 Å². The molecule has 0 atom stereocenters. The molecule has 2 N–H and O–H groups in total. The Morgan fingerprint density at radius 2 is 1.76 bits per heavy atom. The fraction of sp³-hybridized carbons (Fsp3) is 0.238. The van der Waals surface area contributed by atoms with E-state index in [4.69, 9.17) is 0 Å². The second-order valence-electron chi connectivity index (χ2n) is 6.27. The number of benzene rings is 2. The molecule has 2 aromatic carbocycles. The lowest BCUT2D eigenvalue weighted by molar-refractivity contribution is -0.112. The molecule has 0 unspecified atom stereocenters. The molecule has 0 bridgehead atoms. The second-order valence-corrected chi connectivity index (χ2v) is 6.27. The van der Waals surface area contributed by atoms with E-state index < -0.39 is 5.91 Å².